The molecule has 1 aliphatic heterocycles. The number of aryl methyl sites for hydroxylation is 1. The van der Waals surface area contributed by atoms with Crippen molar-refractivity contribution in [1.29, 1.82) is 5.26 Å². The summed E-state index contributed by atoms with van der Waals surface area (Å²) in [4.78, 5) is 25.9. The summed E-state index contributed by atoms with van der Waals surface area (Å²) < 4.78 is 0. The summed E-state index contributed by atoms with van der Waals surface area (Å²) in [6.45, 7) is 3.00. The van der Waals surface area contributed by atoms with Crippen molar-refractivity contribution >= 4 is 23.3 Å². The molecule has 1 heterocycles. The smallest absolute Gasteiger partial charge is 0.323 e. The largest absolute Gasteiger partial charge is 0.337 e. The monoisotopic (exact) mass is 348 g/mol. The van der Waals surface area contributed by atoms with Crippen molar-refractivity contribution < 1.29 is 9.59 Å². The summed E-state index contributed by atoms with van der Waals surface area (Å²) in [5, 5.41) is 14.4. The van der Waals surface area contributed by atoms with Gasteiger partial charge in [0.2, 0.25) is 5.91 Å². The van der Waals surface area contributed by atoms with E-state index in [1.807, 2.05) is 55.5 Å². The van der Waals surface area contributed by atoms with Crippen LogP contribution in [0.2, 0.25) is 0 Å². The van der Waals surface area contributed by atoms with Crippen LogP contribution in [0.15, 0.2) is 42.5 Å². The van der Waals surface area contributed by atoms with Crippen LogP contribution in [0.1, 0.15) is 23.1 Å². The molecule has 0 spiro atoms. The van der Waals surface area contributed by atoms with Crippen LogP contribution >= 0.6 is 0 Å². The molecular formula is C20H20N4O2. The number of fused-ring (bicyclic) bond motifs is 1. The van der Waals surface area contributed by atoms with Crippen molar-refractivity contribution in [3.05, 3.63) is 59.2 Å². The summed E-state index contributed by atoms with van der Waals surface area (Å²) in [5.41, 5.74) is 4.64. The SMILES string of the molecule is Cc1ccc(NC(=O)Nc2cccc3c2CCN(C(=O)CC#N)C3)cc1. The second kappa shape index (κ2) is 7.70. The Morgan fingerprint density at radius 3 is 2.65 bits per heavy atom. The van der Waals surface area contributed by atoms with E-state index in [9.17, 15) is 9.59 Å². The van der Waals surface area contributed by atoms with Gasteiger partial charge in [0.15, 0.2) is 0 Å². The van der Waals surface area contributed by atoms with Crippen molar-refractivity contribution in [1.82, 2.24) is 4.90 Å². The molecule has 0 saturated carbocycles. The maximum Gasteiger partial charge on any atom is 0.323 e. The van der Waals surface area contributed by atoms with Crippen molar-refractivity contribution in [3.63, 3.8) is 0 Å². The van der Waals surface area contributed by atoms with Gasteiger partial charge < -0.3 is 15.5 Å². The van der Waals surface area contributed by atoms with E-state index in [4.69, 9.17) is 5.26 Å². The first-order valence-electron chi connectivity index (χ1n) is 8.47. The number of benzene rings is 2. The molecule has 0 bridgehead atoms. The summed E-state index contributed by atoms with van der Waals surface area (Å²) in [6, 6.07) is 14.9. The summed E-state index contributed by atoms with van der Waals surface area (Å²) in [7, 11) is 0. The van der Waals surface area contributed by atoms with Crippen LogP contribution in [0.4, 0.5) is 16.2 Å². The molecule has 3 amide bonds. The van der Waals surface area contributed by atoms with Gasteiger partial charge in [0.05, 0.1) is 6.07 Å². The van der Waals surface area contributed by atoms with E-state index < -0.39 is 0 Å². The Morgan fingerprint density at radius 2 is 1.92 bits per heavy atom. The molecule has 2 aromatic rings. The molecule has 0 atom stereocenters. The number of amides is 3. The van der Waals surface area contributed by atoms with Gasteiger partial charge in [0, 0.05) is 24.5 Å². The number of hydrogen-bond acceptors (Lipinski definition) is 3. The minimum Gasteiger partial charge on any atom is -0.337 e. The fourth-order valence-corrected chi connectivity index (χ4v) is 3.04. The highest BCUT2D eigenvalue weighted by atomic mass is 16.2. The van der Waals surface area contributed by atoms with Gasteiger partial charge in [-0.1, -0.05) is 29.8 Å². The molecule has 0 saturated heterocycles. The zero-order chi connectivity index (χ0) is 18.5. The van der Waals surface area contributed by atoms with Crippen LogP contribution in [0.25, 0.3) is 0 Å². The number of anilines is 2. The van der Waals surface area contributed by atoms with Crippen LogP contribution in [0.3, 0.4) is 0 Å². The quantitative estimate of drug-likeness (QED) is 0.891. The van der Waals surface area contributed by atoms with E-state index in [1.165, 1.54) is 0 Å². The van der Waals surface area contributed by atoms with Crippen molar-refractivity contribution in [2.75, 3.05) is 17.2 Å². The number of nitrogens with one attached hydrogen (secondary N) is 2. The van der Waals surface area contributed by atoms with Crippen LogP contribution in [0, 0.1) is 18.3 Å². The number of nitrogens with zero attached hydrogens (tertiary/aromatic N) is 2. The number of carbonyl (C=O) groups is 2. The third kappa shape index (κ3) is 4.01. The third-order valence-corrected chi connectivity index (χ3v) is 4.41. The van der Waals surface area contributed by atoms with Gasteiger partial charge in [-0.2, -0.15) is 5.26 Å². The second-order valence-corrected chi connectivity index (χ2v) is 6.29. The first kappa shape index (κ1) is 17.5. The highest BCUT2D eigenvalue weighted by Gasteiger charge is 2.22. The summed E-state index contributed by atoms with van der Waals surface area (Å²) in [5.74, 6) is -0.159. The zero-order valence-electron chi connectivity index (χ0n) is 14.6. The van der Waals surface area contributed by atoms with E-state index in [1.54, 1.807) is 4.90 Å². The molecule has 26 heavy (non-hydrogen) atoms. The number of nitriles is 1. The lowest BCUT2D eigenvalue weighted by molar-refractivity contribution is -0.131. The average Bonchev–Trinajstić information content (AvgIpc) is 2.63. The van der Waals surface area contributed by atoms with Gasteiger partial charge in [-0.3, -0.25) is 4.79 Å². The zero-order valence-corrected chi connectivity index (χ0v) is 14.6. The maximum absolute atomic E-state index is 12.3. The molecule has 6 nitrogen and oxygen atoms in total. The highest BCUT2D eigenvalue weighted by Crippen LogP contribution is 2.26. The average molecular weight is 348 g/mol. The van der Waals surface area contributed by atoms with Crippen molar-refractivity contribution in [2.45, 2.75) is 26.3 Å². The van der Waals surface area contributed by atoms with Gasteiger partial charge in [-0.25, -0.2) is 4.79 Å². The maximum atomic E-state index is 12.3. The van der Waals surface area contributed by atoms with Crippen LogP contribution in [-0.4, -0.2) is 23.4 Å². The Labute approximate surface area is 152 Å². The van der Waals surface area contributed by atoms with Crippen LogP contribution < -0.4 is 10.6 Å². The summed E-state index contributed by atoms with van der Waals surface area (Å²) >= 11 is 0. The van der Waals surface area contributed by atoms with E-state index in [0.717, 1.165) is 28.1 Å². The van der Waals surface area contributed by atoms with Crippen LogP contribution in [0.5, 0.6) is 0 Å². The lowest BCUT2D eigenvalue weighted by Gasteiger charge is -2.29. The van der Waals surface area contributed by atoms with Gasteiger partial charge in [0.25, 0.3) is 0 Å². The Morgan fingerprint density at radius 1 is 1.15 bits per heavy atom. The van der Waals surface area contributed by atoms with E-state index in [2.05, 4.69) is 10.6 Å². The molecule has 1 aliphatic rings. The van der Waals surface area contributed by atoms with Gasteiger partial charge in [-0.05, 0) is 42.7 Å². The normalized spacial score (nSPS) is 12.7. The first-order valence-corrected chi connectivity index (χ1v) is 8.47. The topological polar surface area (TPSA) is 85.2 Å². The predicted octanol–water partition coefficient (Wildman–Crippen LogP) is 3.44. The van der Waals surface area contributed by atoms with E-state index >= 15 is 0 Å². The van der Waals surface area contributed by atoms with Gasteiger partial charge in [0.1, 0.15) is 6.42 Å². The van der Waals surface area contributed by atoms with Crippen molar-refractivity contribution in [2.24, 2.45) is 0 Å². The third-order valence-electron chi connectivity index (χ3n) is 4.41. The predicted molar refractivity (Wildman–Crippen MR) is 99.6 cm³/mol. The minimum atomic E-state index is -0.301. The van der Waals surface area contributed by atoms with Gasteiger partial charge >= 0.3 is 6.03 Å². The molecule has 0 radical (unpaired) electrons. The molecule has 0 aliphatic carbocycles. The second-order valence-electron chi connectivity index (χ2n) is 6.29. The Bertz CT molecular complexity index is 868. The lowest BCUT2D eigenvalue weighted by atomic mass is 9.97. The molecule has 6 heteroatoms. The number of carbonyl (C=O) groups excluding carboxylic acids is 2. The highest BCUT2D eigenvalue weighted by molar-refractivity contribution is 6.00. The summed E-state index contributed by atoms with van der Waals surface area (Å²) in [6.07, 6.45) is 0.541. The Balaban J connectivity index is 1.69. The molecule has 2 aromatic carbocycles. The molecular weight excluding hydrogens is 328 g/mol. The minimum absolute atomic E-state index is 0.105. The molecule has 2 N–H and O–H groups in total. The number of rotatable bonds is 3. The van der Waals surface area contributed by atoms with Crippen molar-refractivity contribution in [3.8, 4) is 6.07 Å². The molecule has 132 valence electrons. The van der Waals surface area contributed by atoms with E-state index in [-0.39, 0.29) is 18.4 Å². The molecule has 0 unspecified atom stereocenters. The fourth-order valence-electron chi connectivity index (χ4n) is 3.04. The van der Waals surface area contributed by atoms with Crippen LogP contribution in [-0.2, 0) is 17.8 Å². The number of urea groups is 1. The standard InChI is InChI=1S/C20H20N4O2/c1-14-5-7-16(8-6-14)22-20(26)23-18-4-2-3-15-13-24(12-10-17(15)18)19(25)9-11-21/h2-8H,9-10,12-13H2,1H3,(H2,22,23,26). The van der Waals surface area contributed by atoms with Gasteiger partial charge in [-0.15, -0.1) is 0 Å². The number of hydrogen-bond donors (Lipinski definition) is 2. The molecule has 0 fully saturated rings. The lowest BCUT2D eigenvalue weighted by Crippen LogP contribution is -2.36. The fraction of sp³-hybridized carbons (Fsp3) is 0.250. The Kier molecular flexibility index (Phi) is 5.18. The van der Waals surface area contributed by atoms with E-state index in [0.29, 0.717) is 19.5 Å². The first-order chi connectivity index (χ1) is 12.6. The molecule has 0 aromatic heterocycles. The molecule has 3 rings (SSSR count). The Hall–Kier alpha value is -3.33.